The van der Waals surface area contributed by atoms with Crippen molar-refractivity contribution in [3.05, 3.63) is 66.4 Å². The van der Waals surface area contributed by atoms with Crippen LogP contribution in [0, 0.1) is 0 Å². The Kier molecular flexibility index (Phi) is 3.87. The highest BCUT2D eigenvalue weighted by Crippen LogP contribution is 2.09. The van der Waals surface area contributed by atoms with Gasteiger partial charge in [0.1, 0.15) is 12.2 Å². The molecule has 124 valence electrons. The molecule has 9 nitrogen and oxygen atoms in total. The van der Waals surface area contributed by atoms with Gasteiger partial charge in [0.15, 0.2) is 5.65 Å². The van der Waals surface area contributed by atoms with Crippen LogP contribution in [0.5, 0.6) is 0 Å². The Morgan fingerprint density at radius 1 is 1.12 bits per heavy atom. The topological polar surface area (TPSA) is 103 Å². The van der Waals surface area contributed by atoms with Crippen molar-refractivity contribution in [1.29, 1.82) is 0 Å². The van der Waals surface area contributed by atoms with Crippen LogP contribution in [0.15, 0.2) is 55.0 Å². The maximum Gasteiger partial charge on any atom is 0.251 e. The summed E-state index contributed by atoms with van der Waals surface area (Å²) in [7, 11) is 0. The molecule has 0 radical (unpaired) electrons. The number of amides is 1. The van der Waals surface area contributed by atoms with E-state index in [1.54, 1.807) is 18.2 Å². The maximum absolute atomic E-state index is 12.3. The summed E-state index contributed by atoms with van der Waals surface area (Å²) < 4.78 is 3.41. The summed E-state index contributed by atoms with van der Waals surface area (Å²) >= 11 is 0. The number of hydrogen-bond acceptors (Lipinski definition) is 6. The number of carbonyl (C=O) groups is 1. The zero-order valence-electron chi connectivity index (χ0n) is 13.1. The first-order valence-electron chi connectivity index (χ1n) is 7.71. The number of fused-ring (bicyclic) bond motifs is 1. The molecule has 1 N–H and O–H groups in total. The Hall–Kier alpha value is -3.62. The van der Waals surface area contributed by atoms with E-state index in [2.05, 4.69) is 31.0 Å². The largest absolute Gasteiger partial charge is 0.352 e. The first-order chi connectivity index (χ1) is 12.3. The molecule has 0 atom stereocenters. The molecule has 25 heavy (non-hydrogen) atoms. The molecule has 0 aliphatic rings. The van der Waals surface area contributed by atoms with Crippen molar-refractivity contribution in [1.82, 2.24) is 40.1 Å². The van der Waals surface area contributed by atoms with Gasteiger partial charge in [0.2, 0.25) is 0 Å². The molecule has 9 heteroatoms. The molecule has 0 aliphatic heterocycles. The van der Waals surface area contributed by atoms with E-state index in [1.807, 2.05) is 34.9 Å². The monoisotopic (exact) mass is 334 g/mol. The summed E-state index contributed by atoms with van der Waals surface area (Å²) in [6.45, 7) is 0.462. The van der Waals surface area contributed by atoms with Gasteiger partial charge in [-0.1, -0.05) is 12.1 Å². The van der Waals surface area contributed by atoms with Gasteiger partial charge in [-0.3, -0.25) is 9.20 Å². The predicted molar refractivity (Wildman–Crippen MR) is 88.2 cm³/mol. The van der Waals surface area contributed by atoms with E-state index < -0.39 is 0 Å². The number of carbonyl (C=O) groups excluding carboxylic acids is 1. The van der Waals surface area contributed by atoms with Crippen molar-refractivity contribution in [2.24, 2.45) is 0 Å². The van der Waals surface area contributed by atoms with E-state index in [9.17, 15) is 4.79 Å². The number of aromatic nitrogens is 7. The molecule has 3 heterocycles. The zero-order chi connectivity index (χ0) is 17.1. The van der Waals surface area contributed by atoms with Crippen LogP contribution in [-0.4, -0.2) is 47.3 Å². The Balaban J connectivity index is 1.42. The summed E-state index contributed by atoms with van der Waals surface area (Å²) in [5, 5.41) is 22.1. The smallest absolute Gasteiger partial charge is 0.251 e. The van der Waals surface area contributed by atoms with Crippen molar-refractivity contribution in [2.75, 3.05) is 6.54 Å². The molecule has 0 fully saturated rings. The lowest BCUT2D eigenvalue weighted by Crippen LogP contribution is -2.26. The first kappa shape index (κ1) is 14.9. The van der Waals surface area contributed by atoms with Crippen molar-refractivity contribution in [3.8, 4) is 5.69 Å². The highest BCUT2D eigenvalue weighted by molar-refractivity contribution is 5.94. The zero-order valence-corrected chi connectivity index (χ0v) is 13.1. The molecule has 0 unspecified atom stereocenters. The number of hydrogen-bond donors (Lipinski definition) is 1. The number of nitrogens with one attached hydrogen (secondary N) is 1. The molecule has 1 aromatic carbocycles. The van der Waals surface area contributed by atoms with E-state index in [0.29, 0.717) is 18.5 Å². The minimum atomic E-state index is -0.163. The lowest BCUT2D eigenvalue weighted by molar-refractivity contribution is 0.0954. The van der Waals surface area contributed by atoms with Gasteiger partial charge in [0.05, 0.1) is 5.69 Å². The van der Waals surface area contributed by atoms with Gasteiger partial charge in [-0.05, 0) is 40.8 Å². The molecule has 0 bridgehead atoms. The Labute approximate surface area is 142 Å². The number of nitrogens with zero attached hydrogens (tertiary/aromatic N) is 7. The van der Waals surface area contributed by atoms with Crippen LogP contribution < -0.4 is 5.32 Å². The van der Waals surface area contributed by atoms with E-state index in [0.717, 1.165) is 17.2 Å². The summed E-state index contributed by atoms with van der Waals surface area (Å²) in [6.07, 6.45) is 3.97. The third kappa shape index (κ3) is 3.07. The van der Waals surface area contributed by atoms with E-state index >= 15 is 0 Å². The molecule has 4 aromatic rings. The van der Waals surface area contributed by atoms with Crippen molar-refractivity contribution >= 4 is 11.6 Å². The number of pyridine rings is 1. The van der Waals surface area contributed by atoms with E-state index in [-0.39, 0.29) is 5.91 Å². The lowest BCUT2D eigenvalue weighted by atomic mass is 10.2. The molecule has 4 rings (SSSR count). The number of benzene rings is 1. The van der Waals surface area contributed by atoms with Gasteiger partial charge in [0.25, 0.3) is 5.91 Å². The number of tetrazole rings is 1. The van der Waals surface area contributed by atoms with Gasteiger partial charge >= 0.3 is 0 Å². The third-order valence-electron chi connectivity index (χ3n) is 3.74. The summed E-state index contributed by atoms with van der Waals surface area (Å²) in [5.74, 6) is 0.641. The minimum Gasteiger partial charge on any atom is -0.352 e. The van der Waals surface area contributed by atoms with Crippen LogP contribution in [0.4, 0.5) is 0 Å². The van der Waals surface area contributed by atoms with Crippen molar-refractivity contribution in [3.63, 3.8) is 0 Å². The highest BCUT2D eigenvalue weighted by atomic mass is 16.1. The minimum absolute atomic E-state index is 0.163. The Bertz CT molecular complexity index is 1010. The molecule has 1 amide bonds. The summed E-state index contributed by atoms with van der Waals surface area (Å²) in [4.78, 5) is 12.3. The normalized spacial score (nSPS) is 10.9. The standard InChI is InChI=1S/C16H14N8O/c25-16(12-4-3-5-13(10-12)24-11-18-21-22-24)17-8-7-15-20-19-14-6-1-2-9-23(14)15/h1-6,9-11H,7-8H2,(H,17,25). The van der Waals surface area contributed by atoms with Gasteiger partial charge in [-0.15, -0.1) is 15.3 Å². The SMILES string of the molecule is O=C(NCCc1nnc2ccccn12)c1cccc(-n2cnnn2)c1. The number of rotatable bonds is 5. The van der Waals surface area contributed by atoms with Gasteiger partial charge in [-0.2, -0.15) is 0 Å². The predicted octanol–water partition coefficient (Wildman–Crippen LogP) is 0.677. The van der Waals surface area contributed by atoms with Crippen LogP contribution in [0.1, 0.15) is 16.2 Å². The fraction of sp³-hybridized carbons (Fsp3) is 0.125. The molecule has 3 aromatic heterocycles. The van der Waals surface area contributed by atoms with E-state index in [4.69, 9.17) is 0 Å². The molecule has 0 saturated carbocycles. The maximum atomic E-state index is 12.3. The second kappa shape index (κ2) is 6.48. The quantitative estimate of drug-likeness (QED) is 0.576. The van der Waals surface area contributed by atoms with Crippen LogP contribution in [0.25, 0.3) is 11.3 Å². The van der Waals surface area contributed by atoms with Gasteiger partial charge < -0.3 is 5.32 Å². The molecule has 0 spiro atoms. The highest BCUT2D eigenvalue weighted by Gasteiger charge is 2.09. The van der Waals surface area contributed by atoms with E-state index in [1.165, 1.54) is 11.0 Å². The van der Waals surface area contributed by atoms with Crippen LogP contribution >= 0.6 is 0 Å². The Morgan fingerprint density at radius 2 is 2.08 bits per heavy atom. The van der Waals surface area contributed by atoms with Crippen molar-refractivity contribution < 1.29 is 4.79 Å². The molecule has 0 saturated heterocycles. The van der Waals surface area contributed by atoms with Crippen LogP contribution in [0.3, 0.4) is 0 Å². The second-order valence-electron chi connectivity index (χ2n) is 5.36. The fourth-order valence-corrected chi connectivity index (χ4v) is 2.52. The first-order valence-corrected chi connectivity index (χ1v) is 7.71. The summed E-state index contributed by atoms with van der Waals surface area (Å²) in [6, 6.07) is 12.8. The lowest BCUT2D eigenvalue weighted by Gasteiger charge is -2.06. The fourth-order valence-electron chi connectivity index (χ4n) is 2.52. The average molecular weight is 334 g/mol. The molecular formula is C16H14N8O. The molecular weight excluding hydrogens is 320 g/mol. The second-order valence-corrected chi connectivity index (χ2v) is 5.36. The summed E-state index contributed by atoms with van der Waals surface area (Å²) in [5.41, 5.74) is 2.05. The third-order valence-corrected chi connectivity index (χ3v) is 3.74. The Morgan fingerprint density at radius 3 is 2.96 bits per heavy atom. The van der Waals surface area contributed by atoms with Gasteiger partial charge in [0, 0.05) is 24.7 Å². The molecule has 0 aliphatic carbocycles. The van der Waals surface area contributed by atoms with Crippen LogP contribution in [-0.2, 0) is 6.42 Å². The van der Waals surface area contributed by atoms with Crippen molar-refractivity contribution in [2.45, 2.75) is 6.42 Å². The van der Waals surface area contributed by atoms with Gasteiger partial charge in [-0.25, -0.2) is 4.68 Å². The van der Waals surface area contributed by atoms with Crippen LogP contribution in [0.2, 0.25) is 0 Å². The average Bonchev–Trinajstić information content (AvgIpc) is 3.32.